The number of hydrogen-bond donors (Lipinski definition) is 2. The Morgan fingerprint density at radius 1 is 1.35 bits per heavy atom. The predicted molar refractivity (Wildman–Crippen MR) is 65.9 cm³/mol. The van der Waals surface area contributed by atoms with Crippen LogP contribution in [-0.2, 0) is 4.79 Å². The number of hydrogen-bond acceptors (Lipinski definition) is 2. The lowest BCUT2D eigenvalue weighted by Crippen LogP contribution is -2.01. The maximum atomic E-state index is 11.1. The lowest BCUT2D eigenvalue weighted by Gasteiger charge is -2.12. The third kappa shape index (κ3) is 2.36. The van der Waals surface area contributed by atoms with Crippen molar-refractivity contribution in [2.24, 2.45) is 0 Å². The Balaban J connectivity index is 2.47. The van der Waals surface area contributed by atoms with Crippen LogP contribution >= 0.6 is 0 Å². The molecule has 0 spiro atoms. The molecule has 2 rings (SSSR count). The molecule has 4 nitrogen and oxygen atoms in total. The van der Waals surface area contributed by atoms with Crippen molar-refractivity contribution in [1.29, 1.82) is 0 Å². The molecule has 1 unspecified atom stereocenters. The third-order valence-corrected chi connectivity index (χ3v) is 2.83. The Morgan fingerprint density at radius 2 is 2.12 bits per heavy atom. The number of rotatable bonds is 4. The molecule has 0 saturated heterocycles. The summed E-state index contributed by atoms with van der Waals surface area (Å²) in [5, 5.41) is 0. The van der Waals surface area contributed by atoms with Crippen LogP contribution in [-0.4, -0.2) is 16.3 Å². The summed E-state index contributed by atoms with van der Waals surface area (Å²) in [4.78, 5) is 27.0. The zero-order chi connectivity index (χ0) is 12.3. The van der Waals surface area contributed by atoms with Gasteiger partial charge in [-0.2, -0.15) is 0 Å². The molecule has 0 radical (unpaired) electrons. The molecule has 0 fully saturated rings. The van der Waals surface area contributed by atoms with Gasteiger partial charge in [0.2, 0.25) is 0 Å². The van der Waals surface area contributed by atoms with E-state index in [0.717, 1.165) is 23.1 Å². The summed E-state index contributed by atoms with van der Waals surface area (Å²) in [6.07, 6.45) is 3.04. The SMILES string of the molecule is CC(CC=O)c1ccccc1-c1c[nH]c(=O)[nH]1. The molecule has 0 aliphatic heterocycles. The molecule has 2 N–H and O–H groups in total. The van der Waals surface area contributed by atoms with Crippen LogP contribution in [0.4, 0.5) is 0 Å². The Kier molecular flexibility index (Phi) is 3.23. The predicted octanol–water partition coefficient (Wildman–Crippen LogP) is 2.06. The lowest BCUT2D eigenvalue weighted by molar-refractivity contribution is -0.108. The summed E-state index contributed by atoms with van der Waals surface area (Å²) in [5.41, 5.74) is 2.55. The van der Waals surface area contributed by atoms with Crippen LogP contribution in [0.25, 0.3) is 11.3 Å². The Labute approximate surface area is 98.7 Å². The zero-order valence-corrected chi connectivity index (χ0v) is 9.57. The molecule has 0 amide bonds. The van der Waals surface area contributed by atoms with Gasteiger partial charge in [-0.3, -0.25) is 0 Å². The summed E-state index contributed by atoms with van der Waals surface area (Å²) < 4.78 is 0. The summed E-state index contributed by atoms with van der Waals surface area (Å²) >= 11 is 0. The zero-order valence-electron chi connectivity index (χ0n) is 9.57. The normalized spacial score (nSPS) is 12.3. The van der Waals surface area contributed by atoms with Gasteiger partial charge in [-0.15, -0.1) is 0 Å². The highest BCUT2D eigenvalue weighted by Crippen LogP contribution is 2.28. The van der Waals surface area contributed by atoms with Crippen molar-refractivity contribution >= 4 is 6.29 Å². The van der Waals surface area contributed by atoms with Gasteiger partial charge in [-0.1, -0.05) is 31.2 Å². The minimum atomic E-state index is -0.224. The van der Waals surface area contributed by atoms with Crippen LogP contribution in [0, 0.1) is 0 Å². The van der Waals surface area contributed by atoms with E-state index in [1.165, 1.54) is 0 Å². The molecule has 2 aromatic rings. The number of imidazole rings is 1. The van der Waals surface area contributed by atoms with Crippen LogP contribution in [0.1, 0.15) is 24.8 Å². The monoisotopic (exact) mass is 230 g/mol. The highest BCUT2D eigenvalue weighted by atomic mass is 16.1. The van der Waals surface area contributed by atoms with Gasteiger partial charge in [0, 0.05) is 18.2 Å². The van der Waals surface area contributed by atoms with E-state index in [-0.39, 0.29) is 11.6 Å². The largest absolute Gasteiger partial charge is 0.323 e. The summed E-state index contributed by atoms with van der Waals surface area (Å²) in [6, 6.07) is 7.77. The van der Waals surface area contributed by atoms with Crippen molar-refractivity contribution in [2.75, 3.05) is 0 Å². The number of aromatic amines is 2. The molecule has 17 heavy (non-hydrogen) atoms. The molecule has 0 aliphatic carbocycles. The number of H-pyrrole nitrogens is 2. The van der Waals surface area contributed by atoms with Crippen LogP contribution in [0.15, 0.2) is 35.3 Å². The van der Waals surface area contributed by atoms with E-state index in [2.05, 4.69) is 9.97 Å². The van der Waals surface area contributed by atoms with E-state index in [1.54, 1.807) is 6.20 Å². The summed E-state index contributed by atoms with van der Waals surface area (Å²) in [6.45, 7) is 2.00. The fraction of sp³-hybridized carbons (Fsp3) is 0.231. The van der Waals surface area contributed by atoms with Crippen LogP contribution < -0.4 is 5.69 Å². The Hall–Kier alpha value is -2.10. The number of carbonyl (C=O) groups is 1. The van der Waals surface area contributed by atoms with E-state index in [0.29, 0.717) is 6.42 Å². The fourth-order valence-electron chi connectivity index (χ4n) is 1.92. The quantitative estimate of drug-likeness (QED) is 0.789. The molecule has 1 aromatic carbocycles. The van der Waals surface area contributed by atoms with Crippen molar-refractivity contribution in [3.8, 4) is 11.3 Å². The van der Waals surface area contributed by atoms with Gasteiger partial charge in [0.15, 0.2) is 0 Å². The Morgan fingerprint density at radius 3 is 2.76 bits per heavy atom. The van der Waals surface area contributed by atoms with E-state index < -0.39 is 0 Å². The first-order valence-corrected chi connectivity index (χ1v) is 5.53. The van der Waals surface area contributed by atoms with Gasteiger partial charge in [0.1, 0.15) is 6.29 Å². The standard InChI is InChI=1S/C13H14N2O2/c1-9(6-7-16)10-4-2-3-5-11(10)12-8-14-13(17)15-12/h2-5,7-9H,6H2,1H3,(H2,14,15,17). The van der Waals surface area contributed by atoms with Gasteiger partial charge in [0.25, 0.3) is 0 Å². The molecule has 1 heterocycles. The van der Waals surface area contributed by atoms with Gasteiger partial charge in [0.05, 0.1) is 5.69 Å². The average Bonchev–Trinajstić information content (AvgIpc) is 2.76. The van der Waals surface area contributed by atoms with Crippen molar-refractivity contribution in [3.05, 3.63) is 46.5 Å². The number of benzene rings is 1. The molecule has 1 aromatic heterocycles. The average molecular weight is 230 g/mol. The van der Waals surface area contributed by atoms with E-state index in [9.17, 15) is 9.59 Å². The van der Waals surface area contributed by atoms with Gasteiger partial charge in [-0.05, 0) is 11.5 Å². The molecular weight excluding hydrogens is 216 g/mol. The molecule has 88 valence electrons. The van der Waals surface area contributed by atoms with E-state index >= 15 is 0 Å². The maximum absolute atomic E-state index is 11.1. The molecular formula is C13H14N2O2. The minimum Gasteiger partial charge on any atom is -0.312 e. The number of aldehydes is 1. The van der Waals surface area contributed by atoms with Gasteiger partial charge >= 0.3 is 5.69 Å². The lowest BCUT2D eigenvalue weighted by atomic mass is 9.92. The van der Waals surface area contributed by atoms with E-state index in [1.807, 2.05) is 31.2 Å². The fourth-order valence-corrected chi connectivity index (χ4v) is 1.92. The first kappa shape index (κ1) is 11.4. The Bertz CT molecular complexity index is 569. The number of nitrogens with one attached hydrogen (secondary N) is 2. The number of aromatic nitrogens is 2. The van der Waals surface area contributed by atoms with Crippen LogP contribution in [0.2, 0.25) is 0 Å². The smallest absolute Gasteiger partial charge is 0.312 e. The van der Waals surface area contributed by atoms with Crippen molar-refractivity contribution in [2.45, 2.75) is 19.3 Å². The molecule has 0 bridgehead atoms. The second kappa shape index (κ2) is 4.82. The highest BCUT2D eigenvalue weighted by molar-refractivity contribution is 5.65. The number of carbonyl (C=O) groups excluding carboxylic acids is 1. The van der Waals surface area contributed by atoms with Crippen LogP contribution in [0.3, 0.4) is 0 Å². The van der Waals surface area contributed by atoms with E-state index in [4.69, 9.17) is 0 Å². The van der Waals surface area contributed by atoms with Crippen LogP contribution in [0.5, 0.6) is 0 Å². The summed E-state index contributed by atoms with van der Waals surface area (Å²) in [5.74, 6) is 0.141. The first-order chi connectivity index (χ1) is 8.22. The molecule has 0 saturated carbocycles. The second-order valence-electron chi connectivity index (χ2n) is 4.05. The maximum Gasteiger partial charge on any atom is 0.323 e. The van der Waals surface area contributed by atoms with Gasteiger partial charge < -0.3 is 14.8 Å². The molecule has 1 atom stereocenters. The third-order valence-electron chi connectivity index (χ3n) is 2.83. The van der Waals surface area contributed by atoms with Crippen molar-refractivity contribution in [1.82, 2.24) is 9.97 Å². The topological polar surface area (TPSA) is 65.7 Å². The van der Waals surface area contributed by atoms with Crippen molar-refractivity contribution < 1.29 is 4.79 Å². The van der Waals surface area contributed by atoms with Gasteiger partial charge in [-0.25, -0.2) is 4.79 Å². The highest BCUT2D eigenvalue weighted by Gasteiger charge is 2.12. The molecule has 4 heteroatoms. The first-order valence-electron chi connectivity index (χ1n) is 5.53. The molecule has 0 aliphatic rings. The summed E-state index contributed by atoms with van der Waals surface area (Å²) in [7, 11) is 0. The minimum absolute atomic E-state index is 0.141. The van der Waals surface area contributed by atoms with Crippen molar-refractivity contribution in [3.63, 3.8) is 0 Å². The second-order valence-corrected chi connectivity index (χ2v) is 4.05.